The minimum Gasteiger partial charge on any atom is -0.311 e. The molecular formula is C50H34F2N2. The molecule has 0 bridgehead atoms. The first-order chi connectivity index (χ1) is 26.6. The summed E-state index contributed by atoms with van der Waals surface area (Å²) >= 11 is 0. The number of anilines is 6. The molecule has 2 nitrogen and oxygen atoms in total. The Bertz CT molecular complexity index is 2690. The molecule has 0 aromatic heterocycles. The maximum absolute atomic E-state index is 15.1. The minimum atomic E-state index is -0.312. The normalized spacial score (nSPS) is 11.1. The number of benzene rings is 9. The van der Waals surface area contributed by atoms with Crippen molar-refractivity contribution in [1.29, 1.82) is 0 Å². The fourth-order valence-electron chi connectivity index (χ4n) is 7.65. The van der Waals surface area contributed by atoms with Crippen molar-refractivity contribution in [2.24, 2.45) is 0 Å². The molecule has 0 fully saturated rings. The summed E-state index contributed by atoms with van der Waals surface area (Å²) < 4.78 is 30.1. The van der Waals surface area contributed by atoms with Crippen LogP contribution in [0, 0.1) is 11.6 Å². The van der Waals surface area contributed by atoms with Gasteiger partial charge in [0.1, 0.15) is 11.6 Å². The van der Waals surface area contributed by atoms with E-state index in [0.717, 1.165) is 77.9 Å². The van der Waals surface area contributed by atoms with Crippen molar-refractivity contribution in [3.05, 3.63) is 218 Å². The van der Waals surface area contributed by atoms with Crippen LogP contribution in [0.4, 0.5) is 42.9 Å². The summed E-state index contributed by atoms with van der Waals surface area (Å²) in [7, 11) is 0. The summed E-state index contributed by atoms with van der Waals surface area (Å²) in [6, 6.07) is 67.6. The van der Waals surface area contributed by atoms with Crippen molar-refractivity contribution in [3.8, 4) is 22.3 Å². The number of fused-ring (bicyclic) bond motifs is 2. The molecule has 0 aliphatic rings. The van der Waals surface area contributed by atoms with Crippen LogP contribution in [-0.2, 0) is 0 Å². The van der Waals surface area contributed by atoms with Crippen LogP contribution < -0.4 is 9.80 Å². The molecule has 0 spiro atoms. The molecule has 0 heterocycles. The average Bonchev–Trinajstić information content (AvgIpc) is 3.22. The van der Waals surface area contributed by atoms with Gasteiger partial charge in [0.05, 0.1) is 5.69 Å². The zero-order valence-electron chi connectivity index (χ0n) is 29.3. The van der Waals surface area contributed by atoms with Gasteiger partial charge in [0, 0.05) is 33.8 Å². The Morgan fingerprint density at radius 2 is 0.685 bits per heavy atom. The zero-order valence-corrected chi connectivity index (χ0v) is 29.3. The van der Waals surface area contributed by atoms with Gasteiger partial charge < -0.3 is 9.80 Å². The average molecular weight is 701 g/mol. The van der Waals surface area contributed by atoms with Gasteiger partial charge in [-0.15, -0.1) is 0 Å². The molecule has 0 unspecified atom stereocenters. The van der Waals surface area contributed by atoms with Crippen molar-refractivity contribution in [1.82, 2.24) is 0 Å². The Morgan fingerprint density at radius 3 is 1.20 bits per heavy atom. The maximum Gasteiger partial charge on any atom is 0.123 e. The van der Waals surface area contributed by atoms with Gasteiger partial charge in [-0.2, -0.15) is 0 Å². The van der Waals surface area contributed by atoms with Gasteiger partial charge in [-0.3, -0.25) is 0 Å². The van der Waals surface area contributed by atoms with E-state index in [1.54, 1.807) is 24.3 Å². The highest BCUT2D eigenvalue weighted by Crippen LogP contribution is 2.50. The highest BCUT2D eigenvalue weighted by atomic mass is 19.1. The lowest BCUT2D eigenvalue weighted by molar-refractivity contribution is 0.628. The van der Waals surface area contributed by atoms with Crippen LogP contribution in [0.1, 0.15) is 0 Å². The standard InChI is InChI=1S/C50H34F2N2/c51-37-17-12-15-35(33-37)48-44-25-10-11-26-45(44)49(36-16-13-18-38(52)34-36)50-46(48)27-14-28-47(50)54(41-23-8-3-9-24-41)43-31-29-42(30-32-43)53(39-19-4-1-5-20-39)40-21-6-2-7-22-40/h1-34H. The largest absolute Gasteiger partial charge is 0.311 e. The fourth-order valence-corrected chi connectivity index (χ4v) is 7.65. The minimum absolute atomic E-state index is 0.304. The van der Waals surface area contributed by atoms with E-state index < -0.39 is 0 Å². The molecule has 9 aromatic carbocycles. The lowest BCUT2D eigenvalue weighted by Crippen LogP contribution is -2.12. The van der Waals surface area contributed by atoms with E-state index >= 15 is 4.39 Å². The molecule has 0 N–H and O–H groups in total. The number of rotatable bonds is 8. The third-order valence-corrected chi connectivity index (χ3v) is 9.90. The smallest absolute Gasteiger partial charge is 0.123 e. The molecule has 9 aromatic rings. The molecule has 0 saturated heterocycles. The van der Waals surface area contributed by atoms with Crippen molar-refractivity contribution in [3.63, 3.8) is 0 Å². The van der Waals surface area contributed by atoms with E-state index in [4.69, 9.17) is 0 Å². The van der Waals surface area contributed by atoms with Gasteiger partial charge in [-0.05, 0) is 129 Å². The van der Waals surface area contributed by atoms with Gasteiger partial charge in [0.15, 0.2) is 0 Å². The fraction of sp³-hybridized carbons (Fsp3) is 0. The summed E-state index contributed by atoms with van der Waals surface area (Å²) in [5.41, 5.74) is 9.33. The van der Waals surface area contributed by atoms with Gasteiger partial charge in [0.25, 0.3) is 0 Å². The number of nitrogens with zero attached hydrogens (tertiary/aromatic N) is 2. The van der Waals surface area contributed by atoms with Crippen molar-refractivity contribution in [2.45, 2.75) is 0 Å². The van der Waals surface area contributed by atoms with E-state index in [9.17, 15) is 4.39 Å². The van der Waals surface area contributed by atoms with Crippen LogP contribution in [-0.4, -0.2) is 0 Å². The third-order valence-electron chi connectivity index (χ3n) is 9.90. The maximum atomic E-state index is 15.1. The SMILES string of the molecule is Fc1cccc(-c2c3ccccc3c(-c3cccc(F)c3)c3c(N(c4ccccc4)c4ccc(N(c5ccccc5)c5ccccc5)cc4)cccc23)c1. The van der Waals surface area contributed by atoms with Crippen LogP contribution >= 0.6 is 0 Å². The highest BCUT2D eigenvalue weighted by Gasteiger charge is 2.24. The quantitative estimate of drug-likeness (QED) is 0.146. The Kier molecular flexibility index (Phi) is 8.62. The first-order valence-electron chi connectivity index (χ1n) is 18.0. The summed E-state index contributed by atoms with van der Waals surface area (Å²) in [6.45, 7) is 0. The second-order valence-electron chi connectivity index (χ2n) is 13.2. The molecule has 0 saturated carbocycles. The molecule has 4 heteroatoms. The van der Waals surface area contributed by atoms with Crippen LogP contribution in [0.3, 0.4) is 0 Å². The molecule has 54 heavy (non-hydrogen) atoms. The Labute approximate surface area is 313 Å². The predicted octanol–water partition coefficient (Wildman–Crippen LogP) is 14.5. The summed E-state index contributed by atoms with van der Waals surface area (Å²) in [4.78, 5) is 4.50. The predicted molar refractivity (Wildman–Crippen MR) is 222 cm³/mol. The van der Waals surface area contributed by atoms with Gasteiger partial charge in [0.2, 0.25) is 0 Å². The van der Waals surface area contributed by atoms with E-state index in [1.165, 1.54) is 12.1 Å². The van der Waals surface area contributed by atoms with Crippen LogP contribution in [0.15, 0.2) is 206 Å². The molecular weight excluding hydrogens is 667 g/mol. The van der Waals surface area contributed by atoms with Crippen LogP contribution in [0.2, 0.25) is 0 Å². The number of halogens is 2. The number of hydrogen-bond donors (Lipinski definition) is 0. The lowest BCUT2D eigenvalue weighted by Gasteiger charge is -2.30. The number of para-hydroxylation sites is 3. The first kappa shape index (κ1) is 32.8. The lowest BCUT2D eigenvalue weighted by atomic mass is 9.85. The first-order valence-corrected chi connectivity index (χ1v) is 18.0. The molecule has 258 valence electrons. The van der Waals surface area contributed by atoms with Crippen LogP contribution in [0.5, 0.6) is 0 Å². The summed E-state index contributed by atoms with van der Waals surface area (Å²) in [6.07, 6.45) is 0. The second-order valence-corrected chi connectivity index (χ2v) is 13.2. The Morgan fingerprint density at radius 1 is 0.296 bits per heavy atom. The molecule has 0 amide bonds. The Balaban J connectivity index is 1.33. The Hall–Kier alpha value is -7.04. The highest BCUT2D eigenvalue weighted by molar-refractivity contribution is 6.25. The van der Waals surface area contributed by atoms with E-state index in [1.807, 2.05) is 54.6 Å². The second kappa shape index (κ2) is 14.2. The molecule has 9 rings (SSSR count). The van der Waals surface area contributed by atoms with E-state index in [0.29, 0.717) is 0 Å². The van der Waals surface area contributed by atoms with Crippen LogP contribution in [0.25, 0.3) is 43.8 Å². The number of hydrogen-bond acceptors (Lipinski definition) is 2. The van der Waals surface area contributed by atoms with E-state index in [2.05, 4.69) is 125 Å². The molecule has 0 atom stereocenters. The molecule has 0 radical (unpaired) electrons. The third kappa shape index (κ3) is 6.04. The van der Waals surface area contributed by atoms with Gasteiger partial charge in [-0.25, -0.2) is 8.78 Å². The van der Waals surface area contributed by atoms with E-state index in [-0.39, 0.29) is 11.6 Å². The topological polar surface area (TPSA) is 6.48 Å². The van der Waals surface area contributed by atoms with Crippen molar-refractivity contribution >= 4 is 55.7 Å². The van der Waals surface area contributed by atoms with Crippen molar-refractivity contribution < 1.29 is 8.78 Å². The zero-order chi connectivity index (χ0) is 36.4. The monoisotopic (exact) mass is 700 g/mol. The molecule has 0 aliphatic carbocycles. The van der Waals surface area contributed by atoms with Crippen molar-refractivity contribution in [2.75, 3.05) is 9.80 Å². The molecule has 0 aliphatic heterocycles. The van der Waals surface area contributed by atoms with Gasteiger partial charge in [-0.1, -0.05) is 115 Å². The summed E-state index contributed by atoms with van der Waals surface area (Å²) in [5.74, 6) is -0.616. The summed E-state index contributed by atoms with van der Waals surface area (Å²) in [5, 5.41) is 3.79. The van der Waals surface area contributed by atoms with Gasteiger partial charge >= 0.3 is 0 Å².